The van der Waals surface area contributed by atoms with Crippen LogP contribution >= 0.6 is 11.6 Å². The van der Waals surface area contributed by atoms with Crippen molar-refractivity contribution < 1.29 is 9.59 Å². The average Bonchev–Trinajstić information content (AvgIpc) is 2.78. The Morgan fingerprint density at radius 2 is 1.42 bits per heavy atom. The molecule has 0 atom stereocenters. The minimum Gasteiger partial charge on any atom is -0.352 e. The van der Waals surface area contributed by atoms with Crippen LogP contribution in [0, 0.1) is 0 Å². The zero-order chi connectivity index (χ0) is 22.1. The molecule has 6 heteroatoms. The van der Waals surface area contributed by atoms with Gasteiger partial charge in [-0.2, -0.15) is 5.10 Å². The number of carbonyl (C=O) groups excluding carboxylic acids is 2. The average molecular weight is 434 g/mol. The number of hydrazone groups is 1. The maximum absolute atomic E-state index is 12.2. The van der Waals surface area contributed by atoms with Gasteiger partial charge in [0.05, 0.1) is 12.8 Å². The Labute approximate surface area is 187 Å². The zero-order valence-electron chi connectivity index (χ0n) is 17.3. The second-order valence-electron chi connectivity index (χ2n) is 7.20. The first kappa shape index (κ1) is 22.2. The molecule has 2 N–H and O–H groups in total. The normalized spacial score (nSPS) is 11.1. The van der Waals surface area contributed by atoms with Crippen LogP contribution in [0.3, 0.4) is 0 Å². The maximum atomic E-state index is 12.2. The summed E-state index contributed by atoms with van der Waals surface area (Å²) in [7, 11) is 0. The van der Waals surface area contributed by atoms with Gasteiger partial charge in [-0.3, -0.25) is 9.59 Å². The monoisotopic (exact) mass is 433 g/mol. The van der Waals surface area contributed by atoms with Gasteiger partial charge >= 0.3 is 0 Å². The van der Waals surface area contributed by atoms with Crippen LogP contribution in [-0.4, -0.2) is 17.5 Å². The Kier molecular flexibility index (Phi) is 7.96. The molecule has 3 aromatic rings. The van der Waals surface area contributed by atoms with Crippen LogP contribution in [0.5, 0.6) is 0 Å². The molecule has 0 fully saturated rings. The van der Waals surface area contributed by atoms with E-state index in [9.17, 15) is 9.59 Å². The fourth-order valence-corrected chi connectivity index (χ4v) is 3.09. The molecule has 2 amide bonds. The Bertz CT molecular complexity index is 1050. The van der Waals surface area contributed by atoms with Gasteiger partial charge in [-0.15, -0.1) is 0 Å². The molecule has 0 aromatic heterocycles. The standard InChI is InChI=1S/C25H24ClN3O2/c1-18(15-24(30)27-17-20-9-13-23(26)14-10-20)28-29-25(31)16-19-7-11-22(12-8-19)21-5-3-2-4-6-21/h2-14H,15-17H2,1H3,(H,27,30)(H,29,31)/b28-18+. The highest BCUT2D eigenvalue weighted by molar-refractivity contribution is 6.30. The fourth-order valence-electron chi connectivity index (χ4n) is 2.97. The first-order valence-corrected chi connectivity index (χ1v) is 10.3. The molecule has 3 rings (SSSR count). The van der Waals surface area contributed by atoms with Crippen LogP contribution in [0.25, 0.3) is 11.1 Å². The lowest BCUT2D eigenvalue weighted by Gasteiger charge is -2.06. The highest BCUT2D eigenvalue weighted by Crippen LogP contribution is 2.19. The van der Waals surface area contributed by atoms with Gasteiger partial charge in [0.1, 0.15) is 0 Å². The summed E-state index contributed by atoms with van der Waals surface area (Å²) in [5.74, 6) is -0.393. The van der Waals surface area contributed by atoms with E-state index in [-0.39, 0.29) is 24.7 Å². The lowest BCUT2D eigenvalue weighted by Crippen LogP contribution is -2.26. The summed E-state index contributed by atoms with van der Waals surface area (Å²) >= 11 is 5.85. The summed E-state index contributed by atoms with van der Waals surface area (Å²) in [5.41, 5.74) is 7.13. The van der Waals surface area contributed by atoms with Gasteiger partial charge in [-0.1, -0.05) is 78.3 Å². The smallest absolute Gasteiger partial charge is 0.244 e. The Balaban J connectivity index is 1.43. The molecule has 158 valence electrons. The number of halogens is 1. The summed E-state index contributed by atoms with van der Waals surface area (Å²) in [5, 5.41) is 7.50. The number of hydrogen-bond donors (Lipinski definition) is 2. The Morgan fingerprint density at radius 3 is 2.10 bits per heavy atom. The lowest BCUT2D eigenvalue weighted by molar-refractivity contribution is -0.121. The molecule has 31 heavy (non-hydrogen) atoms. The molecule has 5 nitrogen and oxygen atoms in total. The number of hydrogen-bond acceptors (Lipinski definition) is 3. The van der Waals surface area contributed by atoms with Crippen molar-refractivity contribution in [2.24, 2.45) is 5.10 Å². The molecule has 0 saturated heterocycles. The highest BCUT2D eigenvalue weighted by atomic mass is 35.5. The van der Waals surface area contributed by atoms with Gasteiger partial charge in [-0.25, -0.2) is 5.43 Å². The third-order valence-corrected chi connectivity index (χ3v) is 4.87. The van der Waals surface area contributed by atoms with Crippen molar-refractivity contribution >= 4 is 29.1 Å². The third kappa shape index (κ3) is 7.39. The van der Waals surface area contributed by atoms with E-state index in [1.165, 1.54) is 0 Å². The minimum absolute atomic E-state index is 0.111. The summed E-state index contributed by atoms with van der Waals surface area (Å²) in [6.07, 6.45) is 0.328. The fraction of sp³-hybridized carbons (Fsp3) is 0.160. The largest absolute Gasteiger partial charge is 0.352 e. The second-order valence-corrected chi connectivity index (χ2v) is 7.64. The second kappa shape index (κ2) is 11.1. The van der Waals surface area contributed by atoms with E-state index in [0.29, 0.717) is 17.3 Å². The first-order valence-electron chi connectivity index (χ1n) is 9.97. The molecule has 0 spiro atoms. The molecule has 0 radical (unpaired) electrons. The van der Waals surface area contributed by atoms with Crippen LogP contribution in [-0.2, 0) is 22.6 Å². The first-order chi connectivity index (χ1) is 15.0. The van der Waals surface area contributed by atoms with Gasteiger partial charge in [0, 0.05) is 17.3 Å². The molecule has 3 aromatic carbocycles. The SMILES string of the molecule is C/C(CC(=O)NCc1ccc(Cl)cc1)=N\NC(=O)Cc1ccc(-c2ccccc2)cc1. The third-order valence-electron chi connectivity index (χ3n) is 4.62. The van der Waals surface area contributed by atoms with Gasteiger partial charge < -0.3 is 5.32 Å². The molecule has 0 aliphatic carbocycles. The summed E-state index contributed by atoms with van der Waals surface area (Å²) in [6.45, 7) is 2.12. The molecular formula is C25H24ClN3O2. The Hall–Kier alpha value is -3.44. The molecule has 0 bridgehead atoms. The number of amides is 2. The molecule has 0 aliphatic heterocycles. The number of rotatable bonds is 8. The lowest BCUT2D eigenvalue weighted by atomic mass is 10.0. The van der Waals surface area contributed by atoms with E-state index < -0.39 is 0 Å². The van der Waals surface area contributed by atoms with E-state index in [0.717, 1.165) is 22.3 Å². The highest BCUT2D eigenvalue weighted by Gasteiger charge is 2.06. The number of nitrogens with zero attached hydrogens (tertiary/aromatic N) is 1. The van der Waals surface area contributed by atoms with Gasteiger partial charge in [0.25, 0.3) is 0 Å². The zero-order valence-corrected chi connectivity index (χ0v) is 18.0. The molecule has 0 aliphatic rings. The van der Waals surface area contributed by atoms with E-state index in [2.05, 4.69) is 15.8 Å². The molecule has 0 saturated carbocycles. The van der Waals surface area contributed by atoms with Crippen molar-refractivity contribution in [3.63, 3.8) is 0 Å². The van der Waals surface area contributed by atoms with E-state index in [4.69, 9.17) is 11.6 Å². The minimum atomic E-state index is -0.228. The molecular weight excluding hydrogens is 410 g/mol. The van der Waals surface area contributed by atoms with Crippen LogP contribution in [0.1, 0.15) is 24.5 Å². The van der Waals surface area contributed by atoms with Crippen molar-refractivity contribution in [2.45, 2.75) is 26.3 Å². The van der Waals surface area contributed by atoms with Gasteiger partial charge in [0.15, 0.2) is 0 Å². The summed E-state index contributed by atoms with van der Waals surface area (Å²) in [6, 6.07) is 25.2. The molecule has 0 unspecified atom stereocenters. The van der Waals surface area contributed by atoms with Gasteiger partial charge in [-0.05, 0) is 41.3 Å². The van der Waals surface area contributed by atoms with E-state index in [1.807, 2.05) is 66.7 Å². The number of carbonyl (C=O) groups is 2. The Morgan fingerprint density at radius 1 is 0.806 bits per heavy atom. The van der Waals surface area contributed by atoms with Gasteiger partial charge in [0.2, 0.25) is 11.8 Å². The maximum Gasteiger partial charge on any atom is 0.244 e. The van der Waals surface area contributed by atoms with E-state index in [1.54, 1.807) is 19.1 Å². The van der Waals surface area contributed by atoms with Crippen LogP contribution in [0.4, 0.5) is 0 Å². The predicted molar refractivity (Wildman–Crippen MR) is 125 cm³/mol. The van der Waals surface area contributed by atoms with Crippen LogP contribution in [0.2, 0.25) is 5.02 Å². The van der Waals surface area contributed by atoms with Crippen molar-refractivity contribution in [3.8, 4) is 11.1 Å². The summed E-state index contributed by atoms with van der Waals surface area (Å²) < 4.78 is 0. The quantitative estimate of drug-likeness (QED) is 0.397. The topological polar surface area (TPSA) is 70.6 Å². The van der Waals surface area contributed by atoms with Crippen molar-refractivity contribution in [1.29, 1.82) is 0 Å². The predicted octanol–water partition coefficient (Wildman–Crippen LogP) is 4.75. The van der Waals surface area contributed by atoms with Crippen molar-refractivity contribution in [2.75, 3.05) is 0 Å². The molecule has 0 heterocycles. The number of benzene rings is 3. The summed E-state index contributed by atoms with van der Waals surface area (Å²) in [4.78, 5) is 24.2. The van der Waals surface area contributed by atoms with E-state index >= 15 is 0 Å². The van der Waals surface area contributed by atoms with Crippen LogP contribution in [0.15, 0.2) is 84.0 Å². The van der Waals surface area contributed by atoms with Crippen molar-refractivity contribution in [1.82, 2.24) is 10.7 Å². The van der Waals surface area contributed by atoms with Crippen molar-refractivity contribution in [3.05, 3.63) is 95.0 Å². The number of nitrogens with one attached hydrogen (secondary N) is 2. The van der Waals surface area contributed by atoms with Crippen LogP contribution < -0.4 is 10.7 Å².